The largest absolute Gasteiger partial charge is 0.481 e. The van der Waals surface area contributed by atoms with Gasteiger partial charge in [0.25, 0.3) is 0 Å². The van der Waals surface area contributed by atoms with E-state index in [1.165, 1.54) is 6.92 Å². The summed E-state index contributed by atoms with van der Waals surface area (Å²) in [4.78, 5) is 14.8. The van der Waals surface area contributed by atoms with Gasteiger partial charge in [-0.15, -0.1) is 0 Å². The van der Waals surface area contributed by atoms with Gasteiger partial charge >= 0.3 is 0 Å². The minimum atomic E-state index is -0.101. The number of amides is 1. The first kappa shape index (κ1) is 9.51. The molecule has 4 heteroatoms. The number of pyridine rings is 1. The molecule has 0 atom stereocenters. The second-order valence-corrected chi connectivity index (χ2v) is 2.67. The maximum atomic E-state index is 10.8. The molecule has 0 unspecified atom stereocenters. The van der Waals surface area contributed by atoms with Crippen molar-refractivity contribution in [1.82, 2.24) is 4.98 Å². The highest BCUT2D eigenvalue weighted by molar-refractivity contribution is 5.89. The van der Waals surface area contributed by atoms with E-state index in [1.54, 1.807) is 19.4 Å². The Bertz CT molecular complexity index is 323. The molecule has 0 aromatic carbocycles. The highest BCUT2D eigenvalue weighted by atomic mass is 16.5. The number of ether oxygens (including phenoxy) is 1. The summed E-state index contributed by atoms with van der Waals surface area (Å²) < 4.78 is 5.00. The fourth-order valence-corrected chi connectivity index (χ4v) is 1.05. The van der Waals surface area contributed by atoms with E-state index in [9.17, 15) is 4.79 Å². The second kappa shape index (κ2) is 3.89. The van der Waals surface area contributed by atoms with Crippen molar-refractivity contribution >= 4 is 11.6 Å². The predicted octanol–water partition coefficient (Wildman–Crippen LogP) is 1.36. The van der Waals surface area contributed by atoms with Gasteiger partial charge in [-0.2, -0.15) is 0 Å². The van der Waals surface area contributed by atoms with Gasteiger partial charge in [0.05, 0.1) is 12.8 Å². The summed E-state index contributed by atoms with van der Waals surface area (Å²) in [6.45, 7) is 3.31. The highest BCUT2D eigenvalue weighted by Gasteiger charge is 2.05. The first-order valence-electron chi connectivity index (χ1n) is 3.92. The summed E-state index contributed by atoms with van der Waals surface area (Å²) >= 11 is 0. The number of nitrogens with one attached hydrogen (secondary N) is 1. The fourth-order valence-electron chi connectivity index (χ4n) is 1.05. The van der Waals surface area contributed by atoms with E-state index < -0.39 is 0 Å². The molecule has 0 fully saturated rings. The fraction of sp³-hybridized carbons (Fsp3) is 0.333. The van der Waals surface area contributed by atoms with Crippen molar-refractivity contribution in [2.45, 2.75) is 13.8 Å². The van der Waals surface area contributed by atoms with Gasteiger partial charge in [-0.1, -0.05) is 0 Å². The average molecular weight is 180 g/mol. The average Bonchev–Trinajstić information content (AvgIpc) is 2.08. The van der Waals surface area contributed by atoms with E-state index >= 15 is 0 Å². The van der Waals surface area contributed by atoms with Crippen LogP contribution >= 0.6 is 0 Å². The van der Waals surface area contributed by atoms with Gasteiger partial charge in [0.15, 0.2) is 0 Å². The van der Waals surface area contributed by atoms with Crippen molar-refractivity contribution in [1.29, 1.82) is 0 Å². The third-order valence-electron chi connectivity index (χ3n) is 1.66. The van der Waals surface area contributed by atoms with E-state index in [-0.39, 0.29) is 5.91 Å². The zero-order valence-corrected chi connectivity index (χ0v) is 7.92. The third kappa shape index (κ3) is 2.18. The van der Waals surface area contributed by atoms with E-state index in [4.69, 9.17) is 4.74 Å². The monoisotopic (exact) mass is 180 g/mol. The molecule has 1 aromatic rings. The topological polar surface area (TPSA) is 51.2 Å². The van der Waals surface area contributed by atoms with Crippen LogP contribution in [0.3, 0.4) is 0 Å². The Hall–Kier alpha value is -1.58. The van der Waals surface area contributed by atoms with E-state index in [0.717, 1.165) is 11.3 Å². The molecule has 70 valence electrons. The molecular weight excluding hydrogens is 168 g/mol. The van der Waals surface area contributed by atoms with Gasteiger partial charge in [0, 0.05) is 18.7 Å². The molecule has 0 bridgehead atoms. The number of hydrogen-bond acceptors (Lipinski definition) is 3. The molecule has 0 radical (unpaired) electrons. The first-order valence-corrected chi connectivity index (χ1v) is 3.92. The van der Waals surface area contributed by atoms with Gasteiger partial charge < -0.3 is 10.1 Å². The van der Waals surface area contributed by atoms with Crippen LogP contribution in [0.2, 0.25) is 0 Å². The lowest BCUT2D eigenvalue weighted by Crippen LogP contribution is -2.08. The van der Waals surface area contributed by atoms with Gasteiger partial charge in [-0.05, 0) is 13.0 Å². The van der Waals surface area contributed by atoms with Crippen LogP contribution in [0.15, 0.2) is 12.3 Å². The molecule has 1 N–H and O–H groups in total. The molecule has 0 saturated carbocycles. The normalized spacial score (nSPS) is 9.46. The maximum absolute atomic E-state index is 10.8. The molecule has 4 nitrogen and oxygen atoms in total. The molecule has 13 heavy (non-hydrogen) atoms. The zero-order valence-electron chi connectivity index (χ0n) is 7.92. The quantitative estimate of drug-likeness (QED) is 0.747. The lowest BCUT2D eigenvalue weighted by Gasteiger charge is -2.08. The van der Waals surface area contributed by atoms with Gasteiger partial charge in [0.2, 0.25) is 11.8 Å². The molecule has 0 aliphatic heterocycles. The Morgan fingerprint density at radius 2 is 2.31 bits per heavy atom. The predicted molar refractivity (Wildman–Crippen MR) is 49.8 cm³/mol. The van der Waals surface area contributed by atoms with Crippen molar-refractivity contribution < 1.29 is 9.53 Å². The minimum absolute atomic E-state index is 0.101. The molecule has 1 aromatic heterocycles. The Morgan fingerprint density at radius 3 is 2.85 bits per heavy atom. The van der Waals surface area contributed by atoms with Crippen molar-refractivity contribution in [2.75, 3.05) is 12.4 Å². The van der Waals surface area contributed by atoms with E-state index in [1.807, 2.05) is 6.92 Å². The molecule has 0 spiro atoms. The summed E-state index contributed by atoms with van der Waals surface area (Å²) in [7, 11) is 1.55. The third-order valence-corrected chi connectivity index (χ3v) is 1.66. The number of anilines is 1. The Labute approximate surface area is 76.9 Å². The van der Waals surface area contributed by atoms with Gasteiger partial charge in [-0.3, -0.25) is 4.79 Å². The van der Waals surface area contributed by atoms with Crippen LogP contribution in [0, 0.1) is 6.92 Å². The smallest absolute Gasteiger partial charge is 0.221 e. The lowest BCUT2D eigenvalue weighted by atomic mass is 10.2. The second-order valence-electron chi connectivity index (χ2n) is 2.67. The van der Waals surface area contributed by atoms with Crippen molar-refractivity contribution in [3.8, 4) is 5.88 Å². The van der Waals surface area contributed by atoms with Crippen molar-refractivity contribution in [3.05, 3.63) is 17.8 Å². The van der Waals surface area contributed by atoms with Crippen LogP contribution in [0.4, 0.5) is 5.69 Å². The number of rotatable bonds is 2. The van der Waals surface area contributed by atoms with Crippen molar-refractivity contribution in [2.24, 2.45) is 0 Å². The number of aromatic nitrogens is 1. The molecule has 1 heterocycles. The van der Waals surface area contributed by atoms with Crippen LogP contribution in [0.25, 0.3) is 0 Å². The Morgan fingerprint density at radius 1 is 1.62 bits per heavy atom. The van der Waals surface area contributed by atoms with Gasteiger partial charge in [-0.25, -0.2) is 4.98 Å². The zero-order chi connectivity index (χ0) is 9.84. The van der Waals surface area contributed by atoms with Crippen LogP contribution in [-0.2, 0) is 4.79 Å². The number of carbonyl (C=O) groups excluding carboxylic acids is 1. The maximum Gasteiger partial charge on any atom is 0.221 e. The van der Waals surface area contributed by atoms with Crippen LogP contribution in [0.5, 0.6) is 5.88 Å². The standard InChI is InChI=1S/C9H12N2O2/c1-6-8(11-7(2)12)4-5-10-9(6)13-3/h4-5H,1-3H3,(H,10,11,12). The number of methoxy groups -OCH3 is 1. The minimum Gasteiger partial charge on any atom is -0.481 e. The molecule has 1 amide bonds. The van der Waals surface area contributed by atoms with Crippen molar-refractivity contribution in [3.63, 3.8) is 0 Å². The Balaban J connectivity index is 3.01. The molecule has 0 saturated heterocycles. The summed E-state index contributed by atoms with van der Waals surface area (Å²) in [5.74, 6) is 0.433. The molecule has 0 aliphatic rings. The van der Waals surface area contributed by atoms with Crippen LogP contribution in [0.1, 0.15) is 12.5 Å². The van der Waals surface area contributed by atoms with E-state index in [0.29, 0.717) is 5.88 Å². The Kier molecular flexibility index (Phi) is 2.84. The van der Waals surface area contributed by atoms with Gasteiger partial charge in [0.1, 0.15) is 0 Å². The lowest BCUT2D eigenvalue weighted by molar-refractivity contribution is -0.114. The van der Waals surface area contributed by atoms with E-state index in [2.05, 4.69) is 10.3 Å². The van der Waals surface area contributed by atoms with Crippen LogP contribution < -0.4 is 10.1 Å². The first-order chi connectivity index (χ1) is 6.15. The molecule has 0 aliphatic carbocycles. The number of nitrogens with zero attached hydrogens (tertiary/aromatic N) is 1. The summed E-state index contributed by atoms with van der Waals surface area (Å²) in [5, 5.41) is 2.69. The summed E-state index contributed by atoms with van der Waals surface area (Å²) in [6.07, 6.45) is 1.59. The molecule has 1 rings (SSSR count). The molecular formula is C9H12N2O2. The summed E-state index contributed by atoms with van der Waals surface area (Å²) in [5.41, 5.74) is 1.57. The van der Waals surface area contributed by atoms with Crippen LogP contribution in [-0.4, -0.2) is 18.0 Å². The number of carbonyl (C=O) groups is 1. The SMILES string of the molecule is COc1nccc(NC(C)=O)c1C. The number of hydrogen-bond donors (Lipinski definition) is 1. The highest BCUT2D eigenvalue weighted by Crippen LogP contribution is 2.21. The summed E-state index contributed by atoms with van der Waals surface area (Å²) in [6, 6.07) is 1.74.